The van der Waals surface area contributed by atoms with Crippen molar-refractivity contribution in [2.45, 2.75) is 12.6 Å². The van der Waals surface area contributed by atoms with E-state index in [0.717, 1.165) is 16.8 Å². The van der Waals surface area contributed by atoms with Crippen LogP contribution in [0.3, 0.4) is 0 Å². The topological polar surface area (TPSA) is 94.1 Å². The van der Waals surface area contributed by atoms with Gasteiger partial charge < -0.3 is 10.6 Å². The molecule has 1 fully saturated rings. The van der Waals surface area contributed by atoms with Gasteiger partial charge >= 0.3 is 6.18 Å². The molecule has 1 atom stereocenters. The van der Waals surface area contributed by atoms with Gasteiger partial charge in [-0.25, -0.2) is 4.98 Å². The zero-order valence-electron chi connectivity index (χ0n) is 13.2. The van der Waals surface area contributed by atoms with Gasteiger partial charge in [0.15, 0.2) is 5.82 Å². The Labute approximate surface area is 150 Å². The van der Waals surface area contributed by atoms with E-state index >= 15 is 0 Å². The molecule has 0 saturated carbocycles. The highest BCUT2D eigenvalue weighted by atomic mass is 35.5. The van der Waals surface area contributed by atoms with Gasteiger partial charge in [0, 0.05) is 19.3 Å². The maximum atomic E-state index is 12.6. The largest absolute Gasteiger partial charge is 0.417 e. The lowest BCUT2D eigenvalue weighted by molar-refractivity contribution is -0.137. The molecule has 138 valence electrons. The smallest absolute Gasteiger partial charge is 0.369 e. The molecule has 2 aromatic heterocycles. The molecule has 3 heterocycles. The number of hydrogen-bond acceptors (Lipinski definition) is 5. The molecular weight excluding hydrogens is 375 g/mol. The zero-order valence-corrected chi connectivity index (χ0v) is 14.0. The summed E-state index contributed by atoms with van der Waals surface area (Å²) in [6.45, 7) is 0.801. The molecule has 2 N–H and O–H groups in total. The van der Waals surface area contributed by atoms with E-state index in [2.05, 4.69) is 10.1 Å². The Morgan fingerprint density at radius 1 is 1.31 bits per heavy atom. The summed E-state index contributed by atoms with van der Waals surface area (Å²) < 4.78 is 38.6. The van der Waals surface area contributed by atoms with Gasteiger partial charge in [-0.15, -0.1) is 0 Å². The van der Waals surface area contributed by atoms with E-state index in [4.69, 9.17) is 17.3 Å². The minimum atomic E-state index is -4.53. The van der Waals surface area contributed by atoms with E-state index in [-0.39, 0.29) is 16.8 Å². The molecule has 11 heteroatoms. The van der Waals surface area contributed by atoms with E-state index < -0.39 is 23.2 Å². The quantitative estimate of drug-likeness (QED) is 0.863. The van der Waals surface area contributed by atoms with E-state index in [0.29, 0.717) is 31.4 Å². The highest BCUT2D eigenvalue weighted by molar-refractivity contribution is 6.33. The number of carbonyl (C=O) groups is 1. The minimum absolute atomic E-state index is 0.0899. The number of nitrogens with two attached hydrogens (primary N) is 1. The van der Waals surface area contributed by atoms with Crippen molar-refractivity contribution in [2.24, 2.45) is 11.7 Å². The number of rotatable bonds is 3. The molecule has 1 aliphatic rings. The van der Waals surface area contributed by atoms with Gasteiger partial charge in [-0.05, 0) is 18.6 Å². The van der Waals surface area contributed by atoms with E-state index in [1.54, 1.807) is 4.90 Å². The molecule has 2 aromatic rings. The number of hydrogen-bond donors (Lipinski definition) is 1. The summed E-state index contributed by atoms with van der Waals surface area (Å²) in [5.74, 6) is -0.864. The summed E-state index contributed by atoms with van der Waals surface area (Å²) >= 11 is 6.12. The molecule has 1 amide bonds. The third kappa shape index (κ3) is 3.36. The van der Waals surface area contributed by atoms with Gasteiger partial charge in [0.05, 0.1) is 23.4 Å². The van der Waals surface area contributed by atoms with E-state index in [1.165, 1.54) is 6.20 Å². The number of pyridine rings is 1. The van der Waals surface area contributed by atoms with Gasteiger partial charge in [-0.2, -0.15) is 23.0 Å². The fourth-order valence-electron chi connectivity index (χ4n) is 2.70. The van der Waals surface area contributed by atoms with Crippen LogP contribution in [0.15, 0.2) is 29.3 Å². The van der Waals surface area contributed by atoms with Gasteiger partial charge in [0.2, 0.25) is 5.91 Å². The number of halogens is 4. The Bertz CT molecular complexity index is 898. The predicted molar refractivity (Wildman–Crippen MR) is 87.2 cm³/mol. The second-order valence-corrected chi connectivity index (χ2v) is 6.18. The maximum absolute atomic E-state index is 12.6. The molecule has 1 aliphatic heterocycles. The SMILES string of the molecule is NC(=O)[C@H]1CCN(c2cnn(-c3ccc(C(F)(F)F)cn3)c(=O)c2Cl)C1. The number of anilines is 1. The Morgan fingerprint density at radius 2 is 2.04 bits per heavy atom. The molecule has 0 aromatic carbocycles. The van der Waals surface area contributed by atoms with Crippen molar-refractivity contribution < 1.29 is 18.0 Å². The number of aromatic nitrogens is 3. The molecule has 3 rings (SSSR count). The lowest BCUT2D eigenvalue weighted by Crippen LogP contribution is -2.30. The Morgan fingerprint density at radius 3 is 2.58 bits per heavy atom. The van der Waals surface area contributed by atoms with Crippen molar-refractivity contribution in [3.63, 3.8) is 0 Å². The first kappa shape index (κ1) is 18.2. The Hall–Kier alpha value is -2.62. The summed E-state index contributed by atoms with van der Waals surface area (Å²) in [4.78, 5) is 29.0. The summed E-state index contributed by atoms with van der Waals surface area (Å²) in [6.07, 6.45) is -2.07. The van der Waals surface area contributed by atoms with Crippen LogP contribution in [0.25, 0.3) is 5.82 Å². The van der Waals surface area contributed by atoms with Crippen molar-refractivity contribution >= 4 is 23.2 Å². The summed E-state index contributed by atoms with van der Waals surface area (Å²) in [7, 11) is 0. The van der Waals surface area contributed by atoms with Crippen LogP contribution >= 0.6 is 11.6 Å². The van der Waals surface area contributed by atoms with Gasteiger partial charge in [-0.1, -0.05) is 11.6 Å². The first-order valence-electron chi connectivity index (χ1n) is 7.54. The first-order valence-corrected chi connectivity index (χ1v) is 7.92. The lowest BCUT2D eigenvalue weighted by Gasteiger charge is -2.19. The molecule has 26 heavy (non-hydrogen) atoms. The third-order valence-electron chi connectivity index (χ3n) is 4.12. The second kappa shape index (κ2) is 6.60. The fraction of sp³-hybridized carbons (Fsp3) is 0.333. The van der Waals surface area contributed by atoms with Crippen LogP contribution in [-0.4, -0.2) is 33.8 Å². The molecule has 0 radical (unpaired) electrons. The predicted octanol–water partition coefficient (Wildman–Crippen LogP) is 1.61. The van der Waals surface area contributed by atoms with Crippen molar-refractivity contribution in [1.82, 2.24) is 14.8 Å². The molecule has 0 bridgehead atoms. The number of amides is 1. The summed E-state index contributed by atoms with van der Waals surface area (Å²) in [5, 5.41) is 3.77. The monoisotopic (exact) mass is 387 g/mol. The van der Waals surface area contributed by atoms with Crippen LogP contribution in [-0.2, 0) is 11.0 Å². The zero-order chi connectivity index (χ0) is 19.1. The highest BCUT2D eigenvalue weighted by Gasteiger charge is 2.31. The van der Waals surface area contributed by atoms with Crippen molar-refractivity contribution in [1.29, 1.82) is 0 Å². The van der Waals surface area contributed by atoms with Crippen LogP contribution in [0.1, 0.15) is 12.0 Å². The lowest BCUT2D eigenvalue weighted by atomic mass is 10.1. The summed E-state index contributed by atoms with van der Waals surface area (Å²) in [5.41, 5.74) is 3.96. The molecule has 0 unspecified atom stereocenters. The molecule has 1 saturated heterocycles. The van der Waals surface area contributed by atoms with Gasteiger partial charge in [-0.3, -0.25) is 9.59 Å². The molecular formula is C15H13ClF3N5O2. The first-order chi connectivity index (χ1) is 12.2. The fourth-order valence-corrected chi connectivity index (χ4v) is 2.95. The van der Waals surface area contributed by atoms with Crippen molar-refractivity contribution in [3.8, 4) is 5.82 Å². The average Bonchev–Trinajstić information content (AvgIpc) is 3.07. The van der Waals surface area contributed by atoms with Crippen molar-refractivity contribution in [3.05, 3.63) is 45.5 Å². The average molecular weight is 388 g/mol. The minimum Gasteiger partial charge on any atom is -0.369 e. The highest BCUT2D eigenvalue weighted by Crippen LogP contribution is 2.29. The normalized spacial score (nSPS) is 17.5. The van der Waals surface area contributed by atoms with Gasteiger partial charge in [0.25, 0.3) is 5.56 Å². The number of alkyl halides is 3. The maximum Gasteiger partial charge on any atom is 0.417 e. The summed E-state index contributed by atoms with van der Waals surface area (Å²) in [6, 6.07) is 1.84. The third-order valence-corrected chi connectivity index (χ3v) is 4.48. The molecule has 7 nitrogen and oxygen atoms in total. The van der Waals surface area contributed by atoms with E-state index in [1.807, 2.05) is 0 Å². The standard InChI is InChI=1S/C15H13ClF3N5O2/c16-12-10(23-4-3-8(7-23)13(20)25)6-22-24(14(12)26)11-2-1-9(5-21-11)15(17,18)19/h1-2,5-6,8H,3-4,7H2,(H2,20,25)/t8-/m0/s1. The van der Waals surface area contributed by atoms with E-state index in [9.17, 15) is 22.8 Å². The number of nitrogens with zero attached hydrogens (tertiary/aromatic N) is 4. The van der Waals surface area contributed by atoms with Crippen molar-refractivity contribution in [2.75, 3.05) is 18.0 Å². The van der Waals surface area contributed by atoms with Crippen LogP contribution in [0.2, 0.25) is 5.02 Å². The molecule has 0 aliphatic carbocycles. The van der Waals surface area contributed by atoms with Crippen LogP contribution < -0.4 is 16.2 Å². The Kier molecular flexibility index (Phi) is 4.61. The van der Waals surface area contributed by atoms with Crippen LogP contribution in [0.5, 0.6) is 0 Å². The second-order valence-electron chi connectivity index (χ2n) is 5.80. The van der Waals surface area contributed by atoms with Gasteiger partial charge in [0.1, 0.15) is 5.02 Å². The molecule has 0 spiro atoms. The number of primary amides is 1. The van der Waals surface area contributed by atoms with Crippen LogP contribution in [0.4, 0.5) is 18.9 Å². The Balaban J connectivity index is 1.91. The van der Waals surface area contributed by atoms with Crippen LogP contribution in [0, 0.1) is 5.92 Å². The number of carbonyl (C=O) groups excluding carboxylic acids is 1.